The smallest absolute Gasteiger partial charge is 0.308 e. The van der Waals surface area contributed by atoms with Crippen molar-refractivity contribution in [2.45, 2.75) is 57.3 Å². The van der Waals surface area contributed by atoms with Crippen molar-refractivity contribution in [2.24, 2.45) is 17.6 Å². The quantitative estimate of drug-likeness (QED) is 0.741. The number of aryl methyl sites for hydroxylation is 1. The van der Waals surface area contributed by atoms with Crippen molar-refractivity contribution >= 4 is 23.2 Å². The van der Waals surface area contributed by atoms with E-state index in [4.69, 9.17) is 10.5 Å². The van der Waals surface area contributed by atoms with E-state index in [1.165, 1.54) is 20.0 Å². The summed E-state index contributed by atoms with van der Waals surface area (Å²) in [5.41, 5.74) is 6.05. The van der Waals surface area contributed by atoms with Gasteiger partial charge >= 0.3 is 5.97 Å². The van der Waals surface area contributed by atoms with Crippen LogP contribution in [-0.4, -0.2) is 37.1 Å². The normalized spacial score (nSPS) is 24.3. The number of methoxy groups -OCH3 is 1. The molecule has 1 aromatic rings. The van der Waals surface area contributed by atoms with E-state index in [0.29, 0.717) is 5.69 Å². The van der Waals surface area contributed by atoms with Crippen molar-refractivity contribution in [3.05, 3.63) is 15.6 Å². The van der Waals surface area contributed by atoms with E-state index < -0.39 is 5.91 Å². The van der Waals surface area contributed by atoms with Crippen LogP contribution in [-0.2, 0) is 16.0 Å². The maximum Gasteiger partial charge on any atom is 0.308 e. The van der Waals surface area contributed by atoms with Gasteiger partial charge in [-0.1, -0.05) is 0 Å². The number of primary amides is 1. The van der Waals surface area contributed by atoms with Crippen molar-refractivity contribution in [3.63, 3.8) is 0 Å². The first-order chi connectivity index (χ1) is 12.6. The first kappa shape index (κ1) is 19.3. The average molecular weight is 380 g/mol. The van der Waals surface area contributed by atoms with E-state index >= 15 is 0 Å². The van der Waals surface area contributed by atoms with Gasteiger partial charge in [0.05, 0.1) is 18.0 Å². The van der Waals surface area contributed by atoms with Crippen molar-refractivity contribution < 1.29 is 14.3 Å². The molecule has 7 heteroatoms. The van der Waals surface area contributed by atoms with Gasteiger partial charge in [-0.2, -0.15) is 0 Å². The van der Waals surface area contributed by atoms with Gasteiger partial charge in [0, 0.05) is 4.88 Å². The number of ether oxygens (including phenoxy) is 1. The number of nitrogens with zero attached hydrogens (tertiary/aromatic N) is 1. The fourth-order valence-electron chi connectivity index (χ4n) is 4.19. The molecule has 2 heterocycles. The van der Waals surface area contributed by atoms with Crippen LogP contribution >= 0.6 is 11.3 Å². The summed E-state index contributed by atoms with van der Waals surface area (Å²) < 4.78 is 4.86. The Hall–Kier alpha value is -1.47. The van der Waals surface area contributed by atoms with Gasteiger partial charge in [-0.25, -0.2) is 4.98 Å². The van der Waals surface area contributed by atoms with Crippen LogP contribution in [0.3, 0.4) is 0 Å². The summed E-state index contributed by atoms with van der Waals surface area (Å²) in [6, 6.07) is 0. The number of nitrogens with one attached hydrogen (secondary N) is 1. The maximum absolute atomic E-state index is 11.9. The van der Waals surface area contributed by atoms with Gasteiger partial charge in [-0.05, 0) is 76.3 Å². The van der Waals surface area contributed by atoms with E-state index in [-0.39, 0.29) is 17.8 Å². The maximum atomic E-state index is 11.9. The average Bonchev–Trinajstić information content (AvgIpc) is 3.11. The first-order valence-corrected chi connectivity index (χ1v) is 10.5. The predicted octanol–water partition coefficient (Wildman–Crippen LogP) is 2.62. The second-order valence-corrected chi connectivity index (χ2v) is 8.60. The molecule has 144 valence electrons. The minimum absolute atomic E-state index is 0.0134. The van der Waals surface area contributed by atoms with Crippen LogP contribution in [0.25, 0.3) is 0 Å². The zero-order valence-corrected chi connectivity index (χ0v) is 16.3. The van der Waals surface area contributed by atoms with Gasteiger partial charge in [0.1, 0.15) is 5.69 Å². The van der Waals surface area contributed by atoms with E-state index in [2.05, 4.69) is 10.3 Å². The molecule has 2 fully saturated rings. The Morgan fingerprint density at radius 3 is 2.50 bits per heavy atom. The third-order valence-electron chi connectivity index (χ3n) is 5.79. The molecule has 1 aromatic heterocycles. The monoisotopic (exact) mass is 379 g/mol. The largest absolute Gasteiger partial charge is 0.469 e. The van der Waals surface area contributed by atoms with Gasteiger partial charge in [0.2, 0.25) is 0 Å². The zero-order valence-electron chi connectivity index (χ0n) is 15.5. The molecule has 3 rings (SSSR count). The summed E-state index contributed by atoms with van der Waals surface area (Å²) in [7, 11) is 1.44. The van der Waals surface area contributed by atoms with Gasteiger partial charge in [-0.3, -0.25) is 9.59 Å². The van der Waals surface area contributed by atoms with Gasteiger partial charge in [0.25, 0.3) is 5.91 Å². The number of nitrogens with two attached hydrogens (primary N) is 1. The van der Waals surface area contributed by atoms with Crippen molar-refractivity contribution in [1.29, 1.82) is 0 Å². The molecule has 1 aliphatic carbocycles. The molecule has 2 aliphatic rings. The fourth-order valence-corrected chi connectivity index (χ4v) is 5.45. The molecule has 0 spiro atoms. The van der Waals surface area contributed by atoms with Crippen molar-refractivity contribution in [3.8, 4) is 0 Å². The number of hydrogen-bond donors (Lipinski definition) is 2. The Morgan fingerprint density at radius 2 is 1.88 bits per heavy atom. The Bertz CT molecular complexity index is 632. The topological polar surface area (TPSA) is 94.3 Å². The summed E-state index contributed by atoms with van der Waals surface area (Å²) in [6.07, 6.45) is 7.87. The van der Waals surface area contributed by atoms with E-state index in [9.17, 15) is 9.59 Å². The number of carbonyl (C=O) groups is 2. The molecular formula is C19H29N3O3S. The third kappa shape index (κ3) is 4.62. The lowest BCUT2D eigenvalue weighted by atomic mass is 9.81. The predicted molar refractivity (Wildman–Crippen MR) is 101 cm³/mol. The van der Waals surface area contributed by atoms with Crippen LogP contribution in [0.15, 0.2) is 0 Å². The standard InChI is InChI=1S/C19H29N3O3S/c1-25-19(24)14-5-3-13(4-6-14)17-16(18(20)23)22-15(26-17)7-2-12-8-10-21-11-9-12/h12-14,21H,2-11H2,1H3,(H2,20,23)/t13-,14-. The lowest BCUT2D eigenvalue weighted by Gasteiger charge is -2.26. The highest BCUT2D eigenvalue weighted by atomic mass is 32.1. The van der Waals surface area contributed by atoms with Gasteiger partial charge in [-0.15, -0.1) is 11.3 Å². The fraction of sp³-hybridized carbons (Fsp3) is 0.737. The van der Waals surface area contributed by atoms with Gasteiger partial charge in [0.15, 0.2) is 0 Å². The van der Waals surface area contributed by atoms with Crippen LogP contribution in [0.4, 0.5) is 0 Å². The third-order valence-corrected chi connectivity index (χ3v) is 7.07. The Labute approximate surface area is 158 Å². The minimum atomic E-state index is -0.431. The molecule has 0 bridgehead atoms. The molecular weight excluding hydrogens is 350 g/mol. The number of thiazole rings is 1. The molecule has 1 aliphatic heterocycles. The highest BCUT2D eigenvalue weighted by Gasteiger charge is 2.31. The summed E-state index contributed by atoms with van der Waals surface area (Å²) in [6.45, 7) is 2.20. The summed E-state index contributed by atoms with van der Waals surface area (Å²) in [5.74, 6) is 0.463. The van der Waals surface area contributed by atoms with Crippen molar-refractivity contribution in [2.75, 3.05) is 20.2 Å². The number of hydrogen-bond acceptors (Lipinski definition) is 6. The Morgan fingerprint density at radius 1 is 1.19 bits per heavy atom. The molecule has 3 N–H and O–H groups in total. The number of aromatic nitrogens is 1. The highest BCUT2D eigenvalue weighted by Crippen LogP contribution is 2.40. The van der Waals surface area contributed by atoms with Crippen molar-refractivity contribution in [1.82, 2.24) is 10.3 Å². The second-order valence-electron chi connectivity index (χ2n) is 7.49. The highest BCUT2D eigenvalue weighted by molar-refractivity contribution is 7.12. The Kier molecular flexibility index (Phi) is 6.64. The molecule has 0 aromatic carbocycles. The van der Waals surface area contributed by atoms with Crippen LogP contribution in [0, 0.1) is 11.8 Å². The number of piperidine rings is 1. The number of esters is 1. The molecule has 26 heavy (non-hydrogen) atoms. The lowest BCUT2D eigenvalue weighted by molar-refractivity contribution is -0.146. The van der Waals surface area contributed by atoms with E-state index in [0.717, 1.165) is 67.4 Å². The zero-order chi connectivity index (χ0) is 18.5. The lowest BCUT2D eigenvalue weighted by Crippen LogP contribution is -2.27. The van der Waals surface area contributed by atoms with Crippen LogP contribution in [0.1, 0.15) is 71.2 Å². The number of rotatable bonds is 6. The van der Waals surface area contributed by atoms with Gasteiger partial charge < -0.3 is 15.8 Å². The SMILES string of the molecule is COC(=O)[C@H]1CC[C@H](c2sc(CCC3CCNCC3)nc2C(N)=O)CC1. The molecule has 1 amide bonds. The van der Waals surface area contributed by atoms with E-state index in [1.807, 2.05) is 0 Å². The summed E-state index contributed by atoms with van der Waals surface area (Å²) >= 11 is 1.65. The Balaban J connectivity index is 1.64. The summed E-state index contributed by atoms with van der Waals surface area (Å²) in [4.78, 5) is 29.2. The van der Waals surface area contributed by atoms with Crippen LogP contribution < -0.4 is 11.1 Å². The molecule has 0 radical (unpaired) electrons. The van der Waals surface area contributed by atoms with E-state index in [1.54, 1.807) is 11.3 Å². The van der Waals surface area contributed by atoms with Crippen LogP contribution in [0.5, 0.6) is 0 Å². The molecule has 0 unspecified atom stereocenters. The van der Waals surface area contributed by atoms with Crippen LogP contribution in [0.2, 0.25) is 0 Å². The number of amides is 1. The molecule has 6 nitrogen and oxygen atoms in total. The second kappa shape index (κ2) is 8.95. The first-order valence-electron chi connectivity index (χ1n) is 9.66. The number of carbonyl (C=O) groups excluding carboxylic acids is 2. The molecule has 0 atom stereocenters. The molecule has 1 saturated heterocycles. The summed E-state index contributed by atoms with van der Waals surface area (Å²) in [5, 5.41) is 4.42. The molecule has 1 saturated carbocycles. The minimum Gasteiger partial charge on any atom is -0.469 e.